The molecule has 0 aromatic carbocycles. The third kappa shape index (κ3) is 4.87. The van der Waals surface area contributed by atoms with Crippen molar-refractivity contribution in [2.45, 2.75) is 19.0 Å². The van der Waals surface area contributed by atoms with E-state index in [1.54, 1.807) is 0 Å². The number of carboxylic acids is 1. The molecule has 0 aromatic rings. The predicted octanol–water partition coefficient (Wildman–Crippen LogP) is 0.760. The number of carboxylic acid groups (broad SMARTS) is 1. The van der Waals surface area contributed by atoms with Gasteiger partial charge in [0.1, 0.15) is 6.54 Å². The van der Waals surface area contributed by atoms with E-state index in [4.69, 9.17) is 10.2 Å². The van der Waals surface area contributed by atoms with Gasteiger partial charge in [-0.2, -0.15) is 13.2 Å². The minimum atomic E-state index is -4.56. The first-order valence-electron chi connectivity index (χ1n) is 6.19. The van der Waals surface area contributed by atoms with Crippen LogP contribution in [0.25, 0.3) is 0 Å². The molecule has 1 atom stereocenters. The molecular weight excluding hydrogens is 281 g/mol. The number of nitrogens with zero attached hydrogens (tertiary/aromatic N) is 2. The number of hydrogen-bond donors (Lipinski definition) is 2. The lowest BCUT2D eigenvalue weighted by Crippen LogP contribution is -2.51. The summed E-state index contributed by atoms with van der Waals surface area (Å²) in [6.07, 6.45) is -3.73. The van der Waals surface area contributed by atoms with Gasteiger partial charge in [-0.15, -0.1) is 0 Å². The topological polar surface area (TPSA) is 81.1 Å². The second-order valence-electron chi connectivity index (χ2n) is 4.67. The first kappa shape index (κ1) is 16.5. The maximum Gasteiger partial charge on any atom is 0.406 e. The summed E-state index contributed by atoms with van der Waals surface area (Å²) in [6.45, 7) is -2.36. The molecule has 0 aromatic heterocycles. The fourth-order valence-corrected chi connectivity index (χ4v) is 2.13. The van der Waals surface area contributed by atoms with E-state index in [0.29, 0.717) is 17.7 Å². The van der Waals surface area contributed by atoms with E-state index >= 15 is 0 Å². The molecule has 2 N–H and O–H groups in total. The molecule has 0 radical (unpaired) electrons. The van der Waals surface area contributed by atoms with Gasteiger partial charge in [-0.05, 0) is 12.8 Å². The number of rotatable bonds is 4. The number of alkyl halides is 3. The molecule has 0 unspecified atom stereocenters. The minimum absolute atomic E-state index is 0.103. The zero-order chi connectivity index (χ0) is 15.3. The third-order valence-electron chi connectivity index (χ3n) is 3.05. The number of aliphatic hydroxyl groups excluding tert-OH is 1. The Balaban J connectivity index is 2.70. The van der Waals surface area contributed by atoms with Crippen molar-refractivity contribution in [1.29, 1.82) is 0 Å². The monoisotopic (exact) mass is 298 g/mol. The molecule has 1 rings (SSSR count). The Kier molecular flexibility index (Phi) is 5.61. The summed E-state index contributed by atoms with van der Waals surface area (Å²) in [5, 5.41) is 17.6. The van der Waals surface area contributed by atoms with Gasteiger partial charge >= 0.3 is 18.2 Å². The fourth-order valence-electron chi connectivity index (χ4n) is 2.13. The van der Waals surface area contributed by atoms with Crippen molar-refractivity contribution >= 4 is 12.0 Å². The number of urea groups is 1. The van der Waals surface area contributed by atoms with Crippen molar-refractivity contribution in [2.75, 3.05) is 32.8 Å². The first-order valence-corrected chi connectivity index (χ1v) is 6.19. The Morgan fingerprint density at radius 1 is 1.35 bits per heavy atom. The fraction of sp³-hybridized carbons (Fsp3) is 0.818. The highest BCUT2D eigenvalue weighted by Crippen LogP contribution is 2.21. The Labute approximate surface area is 113 Å². The summed E-state index contributed by atoms with van der Waals surface area (Å²) >= 11 is 0. The quantitative estimate of drug-likeness (QED) is 0.803. The van der Waals surface area contributed by atoms with Crippen LogP contribution < -0.4 is 0 Å². The zero-order valence-corrected chi connectivity index (χ0v) is 10.8. The van der Waals surface area contributed by atoms with E-state index in [1.807, 2.05) is 0 Å². The van der Waals surface area contributed by atoms with Gasteiger partial charge in [0.05, 0.1) is 12.5 Å². The number of amides is 2. The van der Waals surface area contributed by atoms with Crippen LogP contribution in [0.3, 0.4) is 0 Å². The van der Waals surface area contributed by atoms with Crippen molar-refractivity contribution < 1.29 is 33.0 Å². The van der Waals surface area contributed by atoms with Crippen LogP contribution in [-0.4, -0.2) is 71.0 Å². The summed E-state index contributed by atoms with van der Waals surface area (Å²) in [4.78, 5) is 24.4. The average Bonchev–Trinajstić information content (AvgIpc) is 2.36. The van der Waals surface area contributed by atoms with Gasteiger partial charge in [-0.1, -0.05) is 0 Å². The van der Waals surface area contributed by atoms with Gasteiger partial charge in [0.25, 0.3) is 0 Å². The molecule has 1 heterocycles. The number of aliphatic carboxylic acids is 1. The van der Waals surface area contributed by atoms with E-state index in [-0.39, 0.29) is 13.1 Å². The lowest BCUT2D eigenvalue weighted by Gasteiger charge is -2.35. The lowest BCUT2D eigenvalue weighted by molar-refractivity contribution is -0.145. The van der Waals surface area contributed by atoms with Gasteiger partial charge in [0.15, 0.2) is 0 Å². The molecule has 0 aliphatic carbocycles. The number of carbonyl (C=O) groups excluding carboxylic acids is 1. The van der Waals surface area contributed by atoms with Crippen LogP contribution in [-0.2, 0) is 4.79 Å². The molecule has 116 valence electrons. The van der Waals surface area contributed by atoms with E-state index in [2.05, 4.69) is 0 Å². The second-order valence-corrected chi connectivity index (χ2v) is 4.67. The highest BCUT2D eigenvalue weighted by atomic mass is 19.4. The maximum absolute atomic E-state index is 12.4. The first-order chi connectivity index (χ1) is 9.24. The molecule has 0 spiro atoms. The van der Waals surface area contributed by atoms with Crippen LogP contribution in [0.5, 0.6) is 0 Å². The van der Waals surface area contributed by atoms with Crippen molar-refractivity contribution in [2.24, 2.45) is 5.92 Å². The molecule has 1 aliphatic heterocycles. The van der Waals surface area contributed by atoms with Crippen LogP contribution in [0.15, 0.2) is 0 Å². The molecule has 6 nitrogen and oxygen atoms in total. The Morgan fingerprint density at radius 3 is 2.50 bits per heavy atom. The van der Waals surface area contributed by atoms with Crippen LogP contribution >= 0.6 is 0 Å². The Bertz CT molecular complexity index is 362. The number of hydrogen-bond acceptors (Lipinski definition) is 3. The Hall–Kier alpha value is -1.51. The van der Waals surface area contributed by atoms with Gasteiger partial charge in [0, 0.05) is 19.6 Å². The number of aliphatic hydroxyl groups is 1. The van der Waals surface area contributed by atoms with Crippen LogP contribution in [0.4, 0.5) is 18.0 Å². The molecule has 9 heteroatoms. The number of likely N-dealkylation sites (tertiary alicyclic amines) is 1. The smallest absolute Gasteiger partial charge is 0.406 e. The van der Waals surface area contributed by atoms with Gasteiger partial charge in [-0.3, -0.25) is 4.79 Å². The van der Waals surface area contributed by atoms with Crippen molar-refractivity contribution in [3.05, 3.63) is 0 Å². The summed E-state index contributed by atoms with van der Waals surface area (Å²) < 4.78 is 37.1. The Morgan fingerprint density at radius 2 is 2.00 bits per heavy atom. The number of carbonyl (C=O) groups is 2. The third-order valence-corrected chi connectivity index (χ3v) is 3.05. The average molecular weight is 298 g/mol. The summed E-state index contributed by atoms with van der Waals surface area (Å²) in [7, 11) is 0. The lowest BCUT2D eigenvalue weighted by atomic mass is 9.99. The van der Waals surface area contributed by atoms with Crippen LogP contribution in [0.2, 0.25) is 0 Å². The summed E-state index contributed by atoms with van der Waals surface area (Å²) in [6, 6.07) is -0.887. The summed E-state index contributed by atoms with van der Waals surface area (Å²) in [5.74, 6) is -1.82. The number of piperidine rings is 1. The minimum Gasteiger partial charge on any atom is -0.481 e. The van der Waals surface area contributed by atoms with E-state index in [0.717, 1.165) is 4.90 Å². The maximum atomic E-state index is 12.4. The van der Waals surface area contributed by atoms with Crippen molar-refractivity contribution in [3.8, 4) is 0 Å². The van der Waals surface area contributed by atoms with Crippen molar-refractivity contribution in [1.82, 2.24) is 9.80 Å². The van der Waals surface area contributed by atoms with Gasteiger partial charge < -0.3 is 20.0 Å². The summed E-state index contributed by atoms with van der Waals surface area (Å²) in [5.41, 5.74) is 0. The molecule has 1 aliphatic rings. The highest BCUT2D eigenvalue weighted by molar-refractivity contribution is 5.76. The SMILES string of the molecule is O=C(O)[C@H]1CCCN(C(=O)N(CCO)CC(F)(F)F)C1. The largest absolute Gasteiger partial charge is 0.481 e. The zero-order valence-electron chi connectivity index (χ0n) is 10.8. The molecule has 20 heavy (non-hydrogen) atoms. The second kappa shape index (κ2) is 6.78. The molecule has 0 bridgehead atoms. The molecule has 1 fully saturated rings. The van der Waals surface area contributed by atoms with Gasteiger partial charge in [-0.25, -0.2) is 4.79 Å². The van der Waals surface area contributed by atoms with Crippen LogP contribution in [0, 0.1) is 5.92 Å². The van der Waals surface area contributed by atoms with E-state index in [1.165, 1.54) is 0 Å². The van der Waals surface area contributed by atoms with Crippen LogP contribution in [0.1, 0.15) is 12.8 Å². The molecule has 0 saturated carbocycles. The standard InChI is InChI=1S/C11H17F3N2O4/c12-11(13,14)7-16(4-5-17)10(20)15-3-1-2-8(6-15)9(18)19/h8,17H,1-7H2,(H,18,19)/t8-/m0/s1. The molecular formula is C11H17F3N2O4. The highest BCUT2D eigenvalue weighted by Gasteiger charge is 2.36. The van der Waals surface area contributed by atoms with E-state index in [9.17, 15) is 22.8 Å². The number of halogens is 3. The molecule has 2 amide bonds. The van der Waals surface area contributed by atoms with Gasteiger partial charge in [0.2, 0.25) is 0 Å². The molecule has 1 saturated heterocycles. The van der Waals surface area contributed by atoms with Crippen molar-refractivity contribution in [3.63, 3.8) is 0 Å². The normalized spacial score (nSPS) is 19.8. The van der Waals surface area contributed by atoms with E-state index < -0.39 is 43.8 Å². The predicted molar refractivity (Wildman–Crippen MR) is 62.0 cm³/mol.